The molecule has 1 aromatic rings. The normalized spacial score (nSPS) is 10.0. The van der Waals surface area contributed by atoms with Crippen LogP contribution in [0.4, 0.5) is 0 Å². The third-order valence-electron chi connectivity index (χ3n) is 2.76. The Balaban J connectivity index is 2.34. The fraction of sp³-hybridized carbons (Fsp3) is 0.429. The Kier molecular flexibility index (Phi) is 6.60. The molecule has 0 fully saturated rings. The number of likely N-dealkylation sites (N-methyl/N-ethyl adjacent to an activating group) is 1. The Bertz CT molecular complexity index is 406. The summed E-state index contributed by atoms with van der Waals surface area (Å²) in [6, 6.07) is 8.87. The number of benzene rings is 1. The van der Waals surface area contributed by atoms with Crippen molar-refractivity contribution in [2.45, 2.75) is 13.3 Å². The second kappa shape index (κ2) is 8.26. The summed E-state index contributed by atoms with van der Waals surface area (Å²) in [5, 5.41) is 11.5. The molecule has 19 heavy (non-hydrogen) atoms. The second-order valence-electron chi connectivity index (χ2n) is 4.07. The fourth-order valence-electron chi connectivity index (χ4n) is 1.71. The monoisotopic (exact) mass is 264 g/mol. The predicted octanol–water partition coefficient (Wildman–Crippen LogP) is 0.647. The van der Waals surface area contributed by atoms with Crippen LogP contribution >= 0.6 is 0 Å². The zero-order chi connectivity index (χ0) is 14.1. The van der Waals surface area contributed by atoms with Crippen molar-refractivity contribution in [3.8, 4) is 0 Å². The maximum absolute atomic E-state index is 11.7. The van der Waals surface area contributed by atoms with Crippen LogP contribution in [0.1, 0.15) is 23.7 Å². The molecule has 0 radical (unpaired) electrons. The zero-order valence-electron chi connectivity index (χ0n) is 11.1. The van der Waals surface area contributed by atoms with E-state index in [1.165, 1.54) is 0 Å². The van der Waals surface area contributed by atoms with Crippen molar-refractivity contribution < 1.29 is 14.7 Å². The highest BCUT2D eigenvalue weighted by atomic mass is 16.3. The molecule has 0 unspecified atom stereocenters. The number of hydrogen-bond acceptors (Lipinski definition) is 3. The van der Waals surface area contributed by atoms with E-state index >= 15 is 0 Å². The molecule has 0 aliphatic rings. The van der Waals surface area contributed by atoms with Crippen LogP contribution in [0.15, 0.2) is 30.3 Å². The molecule has 0 saturated carbocycles. The highest BCUT2D eigenvalue weighted by Crippen LogP contribution is 1.98. The fourth-order valence-corrected chi connectivity index (χ4v) is 1.71. The van der Waals surface area contributed by atoms with Gasteiger partial charge in [-0.05, 0) is 19.1 Å². The number of carbonyl (C=O) groups is 2. The van der Waals surface area contributed by atoms with Gasteiger partial charge in [-0.2, -0.15) is 0 Å². The molecule has 0 heterocycles. The van der Waals surface area contributed by atoms with Crippen LogP contribution in [0, 0.1) is 0 Å². The number of hydrogen-bond donors (Lipinski definition) is 2. The van der Waals surface area contributed by atoms with Crippen molar-refractivity contribution in [3.05, 3.63) is 35.9 Å². The van der Waals surface area contributed by atoms with Gasteiger partial charge in [0.15, 0.2) is 0 Å². The molecule has 104 valence electrons. The third kappa shape index (κ3) is 5.09. The van der Waals surface area contributed by atoms with Gasteiger partial charge in [0.05, 0.1) is 6.61 Å². The van der Waals surface area contributed by atoms with E-state index < -0.39 is 0 Å². The first-order valence-corrected chi connectivity index (χ1v) is 6.41. The van der Waals surface area contributed by atoms with Gasteiger partial charge in [-0.15, -0.1) is 0 Å². The second-order valence-corrected chi connectivity index (χ2v) is 4.07. The number of carbonyl (C=O) groups excluding carboxylic acids is 2. The first kappa shape index (κ1) is 15.2. The minimum Gasteiger partial charge on any atom is -0.395 e. The lowest BCUT2D eigenvalue weighted by molar-refractivity contribution is -0.131. The van der Waals surface area contributed by atoms with Crippen LogP contribution in [-0.2, 0) is 4.79 Å². The van der Waals surface area contributed by atoms with Crippen LogP contribution in [0.2, 0.25) is 0 Å². The van der Waals surface area contributed by atoms with Gasteiger partial charge in [0, 0.05) is 31.6 Å². The maximum Gasteiger partial charge on any atom is 0.251 e. The quantitative estimate of drug-likeness (QED) is 0.759. The molecule has 2 amide bonds. The van der Waals surface area contributed by atoms with E-state index in [-0.39, 0.29) is 24.8 Å². The summed E-state index contributed by atoms with van der Waals surface area (Å²) in [6.07, 6.45) is 0.242. The van der Waals surface area contributed by atoms with Crippen molar-refractivity contribution in [1.29, 1.82) is 0 Å². The highest BCUT2D eigenvalue weighted by molar-refractivity contribution is 5.94. The van der Waals surface area contributed by atoms with Crippen molar-refractivity contribution in [1.82, 2.24) is 10.2 Å². The van der Waals surface area contributed by atoms with Crippen LogP contribution < -0.4 is 5.32 Å². The highest BCUT2D eigenvalue weighted by Gasteiger charge is 2.11. The first-order valence-electron chi connectivity index (χ1n) is 6.41. The molecular formula is C14H20N2O3. The lowest BCUT2D eigenvalue weighted by Gasteiger charge is -2.19. The maximum atomic E-state index is 11.7. The molecule has 1 aromatic carbocycles. The summed E-state index contributed by atoms with van der Waals surface area (Å²) in [5.74, 6) is -0.247. The average Bonchev–Trinajstić information content (AvgIpc) is 2.45. The average molecular weight is 264 g/mol. The lowest BCUT2D eigenvalue weighted by atomic mass is 10.2. The molecule has 1 rings (SSSR count). The number of amides is 2. The van der Waals surface area contributed by atoms with Gasteiger partial charge in [-0.3, -0.25) is 9.59 Å². The molecule has 0 bridgehead atoms. The van der Waals surface area contributed by atoms with E-state index in [1.807, 2.05) is 13.0 Å². The van der Waals surface area contributed by atoms with E-state index in [4.69, 9.17) is 5.11 Å². The van der Waals surface area contributed by atoms with Gasteiger partial charge in [-0.1, -0.05) is 18.2 Å². The van der Waals surface area contributed by atoms with Crippen molar-refractivity contribution >= 4 is 11.8 Å². The summed E-state index contributed by atoms with van der Waals surface area (Å²) < 4.78 is 0. The van der Waals surface area contributed by atoms with Gasteiger partial charge < -0.3 is 15.3 Å². The number of rotatable bonds is 7. The molecule has 0 spiro atoms. The molecule has 5 heteroatoms. The van der Waals surface area contributed by atoms with Gasteiger partial charge >= 0.3 is 0 Å². The molecule has 2 N–H and O–H groups in total. The van der Waals surface area contributed by atoms with E-state index in [0.717, 1.165) is 0 Å². The Hall–Kier alpha value is -1.88. The van der Waals surface area contributed by atoms with Crippen LogP contribution in [0.25, 0.3) is 0 Å². The van der Waals surface area contributed by atoms with Gasteiger partial charge in [0.25, 0.3) is 5.91 Å². The summed E-state index contributed by atoms with van der Waals surface area (Å²) in [7, 11) is 0. The van der Waals surface area contributed by atoms with E-state index in [9.17, 15) is 9.59 Å². The number of nitrogens with zero attached hydrogens (tertiary/aromatic N) is 1. The predicted molar refractivity (Wildman–Crippen MR) is 72.7 cm³/mol. The van der Waals surface area contributed by atoms with E-state index in [1.54, 1.807) is 29.2 Å². The summed E-state index contributed by atoms with van der Waals surface area (Å²) in [6.45, 7) is 3.01. The van der Waals surface area contributed by atoms with Gasteiger partial charge in [0.1, 0.15) is 0 Å². The number of aliphatic hydroxyl groups is 1. The number of nitrogens with one attached hydrogen (secondary N) is 1. The molecule has 0 aliphatic heterocycles. The standard InChI is InChI=1S/C14H20N2O3/c1-2-16(10-11-17)13(18)8-9-15-14(19)12-6-4-3-5-7-12/h3-7,17H,2,8-11H2,1H3,(H,15,19). The summed E-state index contributed by atoms with van der Waals surface area (Å²) >= 11 is 0. The van der Waals surface area contributed by atoms with E-state index in [2.05, 4.69) is 5.32 Å². The SMILES string of the molecule is CCN(CCO)C(=O)CCNC(=O)c1ccccc1. The van der Waals surface area contributed by atoms with Crippen molar-refractivity contribution in [2.24, 2.45) is 0 Å². The molecule has 0 atom stereocenters. The smallest absolute Gasteiger partial charge is 0.251 e. The Morgan fingerprint density at radius 2 is 1.95 bits per heavy atom. The third-order valence-corrected chi connectivity index (χ3v) is 2.76. The molecule has 0 aliphatic carbocycles. The van der Waals surface area contributed by atoms with Crippen LogP contribution in [-0.4, -0.2) is 48.1 Å². The van der Waals surface area contributed by atoms with Gasteiger partial charge in [0.2, 0.25) is 5.91 Å². The zero-order valence-corrected chi connectivity index (χ0v) is 11.1. The summed E-state index contributed by atoms with van der Waals surface area (Å²) in [5.41, 5.74) is 0.581. The van der Waals surface area contributed by atoms with E-state index in [0.29, 0.717) is 25.2 Å². The minimum atomic E-state index is -0.182. The molecule has 0 aromatic heterocycles. The molecule has 0 saturated heterocycles. The Morgan fingerprint density at radius 1 is 1.26 bits per heavy atom. The largest absolute Gasteiger partial charge is 0.395 e. The lowest BCUT2D eigenvalue weighted by Crippen LogP contribution is -2.36. The minimum absolute atomic E-state index is 0.0457. The van der Waals surface area contributed by atoms with Crippen LogP contribution in [0.5, 0.6) is 0 Å². The van der Waals surface area contributed by atoms with Crippen molar-refractivity contribution in [3.63, 3.8) is 0 Å². The first-order chi connectivity index (χ1) is 9.19. The molecular weight excluding hydrogens is 244 g/mol. The van der Waals surface area contributed by atoms with Crippen LogP contribution in [0.3, 0.4) is 0 Å². The van der Waals surface area contributed by atoms with Gasteiger partial charge in [-0.25, -0.2) is 0 Å². The topological polar surface area (TPSA) is 69.6 Å². The Labute approximate surface area is 113 Å². The Morgan fingerprint density at radius 3 is 2.53 bits per heavy atom. The summed E-state index contributed by atoms with van der Waals surface area (Å²) in [4.78, 5) is 25.0. The molecule has 5 nitrogen and oxygen atoms in total. The van der Waals surface area contributed by atoms with Crippen molar-refractivity contribution in [2.75, 3.05) is 26.2 Å². The number of aliphatic hydroxyl groups excluding tert-OH is 1.